The van der Waals surface area contributed by atoms with Crippen molar-refractivity contribution in [1.82, 2.24) is 10.1 Å². The Kier molecular flexibility index (Phi) is 4.46. The van der Waals surface area contributed by atoms with Crippen LogP contribution in [0.2, 0.25) is 0 Å². The van der Waals surface area contributed by atoms with Gasteiger partial charge in [0.2, 0.25) is 0 Å². The summed E-state index contributed by atoms with van der Waals surface area (Å²) in [6.45, 7) is 0. The lowest BCUT2D eigenvalue weighted by Crippen LogP contribution is -2.41. The van der Waals surface area contributed by atoms with Crippen LogP contribution < -0.4 is 0 Å². The normalized spacial score (nSPS) is 9.25. The SMILES string of the molecule is O=C(O)N(OON(C(=O)O)C(=O)O)C(=O)O. The third-order valence-electron chi connectivity index (χ3n) is 0.877. The van der Waals surface area contributed by atoms with E-state index in [9.17, 15) is 19.2 Å². The molecule has 0 aromatic rings. The highest BCUT2D eigenvalue weighted by Gasteiger charge is 2.28. The summed E-state index contributed by atoms with van der Waals surface area (Å²) in [6, 6.07) is 0. The van der Waals surface area contributed by atoms with E-state index in [1.54, 1.807) is 0 Å². The monoisotopic (exact) mass is 240 g/mol. The minimum absolute atomic E-state index is 0.848. The second-order valence-corrected chi connectivity index (χ2v) is 1.87. The molecule has 0 aliphatic carbocycles. The minimum Gasteiger partial charge on any atom is -0.463 e. The first kappa shape index (κ1) is 13.4. The van der Waals surface area contributed by atoms with Crippen LogP contribution in [0.15, 0.2) is 0 Å². The Morgan fingerprint density at radius 2 is 0.812 bits per heavy atom. The summed E-state index contributed by atoms with van der Waals surface area (Å²) >= 11 is 0. The largest absolute Gasteiger partial charge is 0.463 e. The van der Waals surface area contributed by atoms with E-state index in [0.29, 0.717) is 0 Å². The maximum absolute atomic E-state index is 10.1. The summed E-state index contributed by atoms with van der Waals surface area (Å²) < 4.78 is 0. The van der Waals surface area contributed by atoms with Gasteiger partial charge < -0.3 is 20.4 Å². The van der Waals surface area contributed by atoms with Crippen LogP contribution in [0.25, 0.3) is 0 Å². The van der Waals surface area contributed by atoms with E-state index < -0.39 is 34.5 Å². The molecular formula is C4H4N2O10. The van der Waals surface area contributed by atoms with E-state index in [4.69, 9.17) is 20.4 Å². The summed E-state index contributed by atoms with van der Waals surface area (Å²) in [4.78, 5) is 47.4. The molecule has 0 heterocycles. The predicted molar refractivity (Wildman–Crippen MR) is 37.9 cm³/mol. The molecule has 0 atom stereocenters. The Morgan fingerprint density at radius 1 is 0.625 bits per heavy atom. The van der Waals surface area contributed by atoms with Gasteiger partial charge in [0.15, 0.2) is 0 Å². The second-order valence-electron chi connectivity index (χ2n) is 1.87. The second kappa shape index (κ2) is 5.32. The van der Waals surface area contributed by atoms with Crippen LogP contribution in [0, 0.1) is 0 Å². The van der Waals surface area contributed by atoms with Crippen molar-refractivity contribution in [1.29, 1.82) is 0 Å². The van der Waals surface area contributed by atoms with Gasteiger partial charge in [0.25, 0.3) is 0 Å². The van der Waals surface area contributed by atoms with Gasteiger partial charge in [-0.05, 0) is 10.1 Å². The first-order valence-corrected chi connectivity index (χ1v) is 3.14. The molecule has 90 valence electrons. The molecule has 0 aliphatic rings. The van der Waals surface area contributed by atoms with Crippen LogP contribution in [-0.2, 0) is 9.98 Å². The number of hydrogen-bond donors (Lipinski definition) is 4. The lowest BCUT2D eigenvalue weighted by molar-refractivity contribution is -0.464. The van der Waals surface area contributed by atoms with E-state index in [2.05, 4.69) is 9.98 Å². The lowest BCUT2D eigenvalue weighted by Gasteiger charge is -2.14. The van der Waals surface area contributed by atoms with E-state index in [0.717, 1.165) is 0 Å². The molecule has 4 amide bonds. The maximum atomic E-state index is 10.1. The molecule has 0 saturated heterocycles. The van der Waals surface area contributed by atoms with Crippen molar-refractivity contribution in [2.75, 3.05) is 0 Å². The summed E-state index contributed by atoms with van der Waals surface area (Å²) in [6.07, 6.45) is -8.65. The third kappa shape index (κ3) is 3.64. The van der Waals surface area contributed by atoms with Crippen molar-refractivity contribution in [3.8, 4) is 0 Å². The van der Waals surface area contributed by atoms with Gasteiger partial charge in [-0.25, -0.2) is 19.2 Å². The quantitative estimate of drug-likeness (QED) is 0.390. The smallest absolute Gasteiger partial charge is 0.444 e. The zero-order valence-electron chi connectivity index (χ0n) is 7.13. The molecular weight excluding hydrogens is 236 g/mol. The number of rotatable bonds is 3. The average Bonchev–Trinajstić information content (AvgIpc) is 2.09. The molecule has 12 heteroatoms. The fraction of sp³-hybridized carbons (Fsp3) is 0. The summed E-state index contributed by atoms with van der Waals surface area (Å²) in [7, 11) is 0. The van der Waals surface area contributed by atoms with Crippen molar-refractivity contribution in [2.24, 2.45) is 0 Å². The molecule has 4 N–H and O–H groups in total. The topological polar surface area (TPSA) is 174 Å². The van der Waals surface area contributed by atoms with Gasteiger partial charge in [-0.1, -0.05) is 9.98 Å². The zero-order valence-corrected chi connectivity index (χ0v) is 7.13. The van der Waals surface area contributed by atoms with Gasteiger partial charge in [0, 0.05) is 0 Å². The Labute approximate surface area is 85.2 Å². The lowest BCUT2D eigenvalue weighted by atomic mass is 11.0. The van der Waals surface area contributed by atoms with Gasteiger partial charge in [-0.15, -0.1) is 0 Å². The zero-order chi connectivity index (χ0) is 12.9. The number of carboxylic acid groups (broad SMARTS) is 4. The van der Waals surface area contributed by atoms with Crippen LogP contribution >= 0.6 is 0 Å². The average molecular weight is 240 g/mol. The van der Waals surface area contributed by atoms with Crippen molar-refractivity contribution in [3.05, 3.63) is 0 Å². The van der Waals surface area contributed by atoms with Gasteiger partial charge in [0.1, 0.15) is 0 Å². The van der Waals surface area contributed by atoms with Crippen molar-refractivity contribution < 1.29 is 49.6 Å². The van der Waals surface area contributed by atoms with Crippen LogP contribution in [0.4, 0.5) is 19.2 Å². The van der Waals surface area contributed by atoms with Crippen LogP contribution in [-0.4, -0.2) is 54.9 Å². The number of hydroxylamine groups is 4. The van der Waals surface area contributed by atoms with Crippen LogP contribution in [0.1, 0.15) is 0 Å². The number of carbonyl (C=O) groups is 4. The van der Waals surface area contributed by atoms with E-state index in [1.807, 2.05) is 0 Å². The molecule has 0 rings (SSSR count). The fourth-order valence-corrected chi connectivity index (χ4v) is 0.358. The van der Waals surface area contributed by atoms with E-state index in [1.165, 1.54) is 0 Å². The first-order valence-electron chi connectivity index (χ1n) is 3.14. The van der Waals surface area contributed by atoms with Crippen molar-refractivity contribution in [2.45, 2.75) is 0 Å². The molecule has 0 radical (unpaired) electrons. The molecule has 0 fully saturated rings. The number of amides is 4. The molecule has 0 spiro atoms. The molecule has 0 unspecified atom stereocenters. The molecule has 0 aromatic heterocycles. The maximum Gasteiger partial charge on any atom is 0.444 e. The van der Waals surface area contributed by atoms with Gasteiger partial charge in [0.05, 0.1) is 0 Å². The third-order valence-corrected chi connectivity index (χ3v) is 0.877. The Bertz CT molecular complexity index is 265. The molecule has 0 bridgehead atoms. The Morgan fingerprint density at radius 3 is 0.938 bits per heavy atom. The van der Waals surface area contributed by atoms with Crippen LogP contribution in [0.3, 0.4) is 0 Å². The summed E-state index contributed by atoms with van der Waals surface area (Å²) in [5, 5.41) is 30.9. The minimum atomic E-state index is -2.16. The molecule has 0 aromatic carbocycles. The highest BCUT2D eigenvalue weighted by Crippen LogP contribution is 1.99. The predicted octanol–water partition coefficient (Wildman–Crippen LogP) is 0.0806. The first-order chi connectivity index (χ1) is 7.27. The van der Waals surface area contributed by atoms with Crippen molar-refractivity contribution >= 4 is 24.4 Å². The van der Waals surface area contributed by atoms with Gasteiger partial charge >= 0.3 is 24.4 Å². The molecule has 0 saturated carbocycles. The summed E-state index contributed by atoms with van der Waals surface area (Å²) in [5.41, 5.74) is 0. The highest BCUT2D eigenvalue weighted by atomic mass is 17.4. The molecule has 12 nitrogen and oxygen atoms in total. The number of imide groups is 2. The van der Waals surface area contributed by atoms with E-state index >= 15 is 0 Å². The summed E-state index contributed by atoms with van der Waals surface area (Å²) in [5.74, 6) is 0. The Balaban J connectivity index is 4.50. The number of nitrogens with zero attached hydrogens (tertiary/aromatic N) is 2. The van der Waals surface area contributed by atoms with Crippen molar-refractivity contribution in [3.63, 3.8) is 0 Å². The standard InChI is InChI=1S/C4H4N2O10/c7-1(8)5(2(9)10)15-16-6(3(11)12)4(13)14/h(H,7,8)(H,9,10)(H,11,12)(H,13,14). The number of hydrogen-bond acceptors (Lipinski definition) is 6. The highest BCUT2D eigenvalue weighted by molar-refractivity contribution is 5.84. The van der Waals surface area contributed by atoms with Crippen LogP contribution in [0.5, 0.6) is 0 Å². The van der Waals surface area contributed by atoms with E-state index in [-0.39, 0.29) is 0 Å². The fourth-order valence-electron chi connectivity index (χ4n) is 0.358. The molecule has 0 aliphatic heterocycles. The van der Waals surface area contributed by atoms with Gasteiger partial charge in [-0.2, -0.15) is 0 Å². The molecule has 16 heavy (non-hydrogen) atoms. The van der Waals surface area contributed by atoms with Gasteiger partial charge in [-0.3, -0.25) is 0 Å². The Hall–Kier alpha value is -2.60.